The molecule has 0 unspecified atom stereocenters. The van der Waals surface area contributed by atoms with Gasteiger partial charge in [0.05, 0.1) is 6.61 Å². The summed E-state index contributed by atoms with van der Waals surface area (Å²) in [6, 6.07) is 4.28. The number of hydrogen-bond acceptors (Lipinski definition) is 2. The van der Waals surface area contributed by atoms with Gasteiger partial charge in [-0.3, -0.25) is 0 Å². The van der Waals surface area contributed by atoms with Gasteiger partial charge in [-0.2, -0.15) is 0 Å². The first kappa shape index (κ1) is 10.1. The fourth-order valence-electron chi connectivity index (χ4n) is 1.57. The molecule has 0 atom stereocenters. The number of aliphatic hydroxyl groups is 1. The molecule has 0 radical (unpaired) electrons. The zero-order valence-electron chi connectivity index (χ0n) is 7.88. The maximum absolute atomic E-state index is 9.26. The van der Waals surface area contributed by atoms with Crippen molar-refractivity contribution in [3.05, 3.63) is 33.1 Å². The predicted molar refractivity (Wildman–Crippen MR) is 64.8 cm³/mol. The first-order valence-corrected chi connectivity index (χ1v) is 6.23. The van der Waals surface area contributed by atoms with E-state index < -0.39 is 0 Å². The molecule has 0 aliphatic heterocycles. The van der Waals surface area contributed by atoms with Crippen LogP contribution in [0.4, 0.5) is 0 Å². The van der Waals surface area contributed by atoms with Crippen molar-refractivity contribution in [2.24, 2.45) is 0 Å². The van der Waals surface area contributed by atoms with Crippen molar-refractivity contribution in [2.75, 3.05) is 0 Å². The van der Waals surface area contributed by atoms with Crippen molar-refractivity contribution in [2.45, 2.75) is 20.0 Å². The normalized spacial score (nSPS) is 11.1. The quantitative estimate of drug-likeness (QED) is 0.882. The average molecular weight is 271 g/mol. The Balaban J connectivity index is 2.76. The van der Waals surface area contributed by atoms with Gasteiger partial charge in [0.15, 0.2) is 0 Å². The standard InChI is InChI=1S/C11H11BrOS/c1-2-7-3-8(5-13)11-9(4-7)10(12)6-14-11/h3-4,6,13H,2,5H2,1H3. The Hall–Kier alpha value is -0.380. The molecule has 2 rings (SSSR count). The van der Waals surface area contributed by atoms with Crippen LogP contribution in [0.25, 0.3) is 10.1 Å². The molecule has 1 N–H and O–H groups in total. The van der Waals surface area contributed by atoms with E-state index in [0.29, 0.717) is 0 Å². The first-order chi connectivity index (χ1) is 6.76. The van der Waals surface area contributed by atoms with Crippen molar-refractivity contribution in [1.29, 1.82) is 0 Å². The molecule has 0 aliphatic rings. The Labute approximate surface area is 95.5 Å². The molecule has 1 heterocycles. The zero-order valence-corrected chi connectivity index (χ0v) is 10.3. The van der Waals surface area contributed by atoms with Crippen molar-refractivity contribution >= 4 is 37.4 Å². The number of rotatable bonds is 2. The molecule has 0 amide bonds. The molecule has 0 saturated heterocycles. The third-order valence-corrected chi connectivity index (χ3v) is 4.37. The topological polar surface area (TPSA) is 20.2 Å². The van der Waals surface area contributed by atoms with E-state index >= 15 is 0 Å². The van der Waals surface area contributed by atoms with Crippen LogP contribution in [0.1, 0.15) is 18.1 Å². The van der Waals surface area contributed by atoms with Crippen molar-refractivity contribution < 1.29 is 5.11 Å². The Kier molecular flexibility index (Phi) is 2.91. The maximum Gasteiger partial charge on any atom is 0.0695 e. The Morgan fingerprint density at radius 2 is 2.21 bits per heavy atom. The lowest BCUT2D eigenvalue weighted by Gasteiger charge is -2.03. The monoisotopic (exact) mass is 270 g/mol. The van der Waals surface area contributed by atoms with E-state index in [4.69, 9.17) is 0 Å². The molecule has 1 aromatic carbocycles. The molecule has 2 aromatic rings. The molecule has 0 spiro atoms. The van der Waals surface area contributed by atoms with Crippen LogP contribution in [0, 0.1) is 0 Å². The fraction of sp³-hybridized carbons (Fsp3) is 0.273. The Morgan fingerprint density at radius 1 is 1.43 bits per heavy atom. The highest BCUT2D eigenvalue weighted by Crippen LogP contribution is 2.33. The highest BCUT2D eigenvalue weighted by atomic mass is 79.9. The molecular formula is C11H11BrOS. The van der Waals surface area contributed by atoms with Gasteiger partial charge in [0.2, 0.25) is 0 Å². The van der Waals surface area contributed by atoms with Crippen LogP contribution in [0.3, 0.4) is 0 Å². The van der Waals surface area contributed by atoms with E-state index in [0.717, 1.165) is 16.5 Å². The van der Waals surface area contributed by atoms with E-state index in [9.17, 15) is 5.11 Å². The number of aliphatic hydroxyl groups excluding tert-OH is 1. The van der Waals surface area contributed by atoms with Gasteiger partial charge in [-0.15, -0.1) is 11.3 Å². The molecule has 0 aliphatic carbocycles. The van der Waals surface area contributed by atoms with Crippen molar-refractivity contribution in [3.8, 4) is 0 Å². The van der Waals surface area contributed by atoms with Crippen LogP contribution < -0.4 is 0 Å². The second kappa shape index (κ2) is 4.01. The molecule has 0 saturated carbocycles. The van der Waals surface area contributed by atoms with E-state index in [2.05, 4.69) is 40.4 Å². The number of fused-ring (bicyclic) bond motifs is 1. The van der Waals surface area contributed by atoms with Crippen molar-refractivity contribution in [3.63, 3.8) is 0 Å². The lowest BCUT2D eigenvalue weighted by Crippen LogP contribution is -1.87. The SMILES string of the molecule is CCc1cc(CO)c2scc(Br)c2c1. The molecule has 0 bridgehead atoms. The van der Waals surface area contributed by atoms with Gasteiger partial charge in [-0.05, 0) is 39.5 Å². The van der Waals surface area contributed by atoms with Gasteiger partial charge in [-0.25, -0.2) is 0 Å². The fourth-order valence-corrected chi connectivity index (χ4v) is 3.21. The van der Waals surface area contributed by atoms with Gasteiger partial charge < -0.3 is 5.11 Å². The van der Waals surface area contributed by atoms with E-state index in [1.54, 1.807) is 11.3 Å². The van der Waals surface area contributed by atoms with E-state index in [1.165, 1.54) is 15.6 Å². The number of aryl methyl sites for hydroxylation is 1. The van der Waals surface area contributed by atoms with Gasteiger partial charge in [0, 0.05) is 19.9 Å². The zero-order chi connectivity index (χ0) is 10.1. The smallest absolute Gasteiger partial charge is 0.0695 e. The summed E-state index contributed by atoms with van der Waals surface area (Å²) in [5, 5.41) is 12.5. The maximum atomic E-state index is 9.26. The number of hydrogen-bond donors (Lipinski definition) is 1. The predicted octanol–water partition coefficient (Wildman–Crippen LogP) is 3.72. The van der Waals surface area contributed by atoms with E-state index in [1.807, 2.05) is 0 Å². The van der Waals surface area contributed by atoms with Gasteiger partial charge in [0.1, 0.15) is 0 Å². The Bertz CT molecular complexity index is 462. The molecule has 3 heteroatoms. The Morgan fingerprint density at radius 3 is 2.86 bits per heavy atom. The third-order valence-electron chi connectivity index (χ3n) is 2.34. The second-order valence-electron chi connectivity index (χ2n) is 3.23. The van der Waals surface area contributed by atoms with Crippen molar-refractivity contribution in [1.82, 2.24) is 0 Å². The summed E-state index contributed by atoms with van der Waals surface area (Å²) in [6.45, 7) is 2.25. The summed E-state index contributed by atoms with van der Waals surface area (Å²) in [7, 11) is 0. The molecule has 74 valence electrons. The highest BCUT2D eigenvalue weighted by Gasteiger charge is 2.07. The minimum Gasteiger partial charge on any atom is -0.392 e. The summed E-state index contributed by atoms with van der Waals surface area (Å²) in [6.07, 6.45) is 1.01. The van der Waals surface area contributed by atoms with Crippen LogP contribution in [0.5, 0.6) is 0 Å². The van der Waals surface area contributed by atoms with Crippen LogP contribution >= 0.6 is 27.3 Å². The summed E-state index contributed by atoms with van der Waals surface area (Å²) in [5.74, 6) is 0. The third kappa shape index (κ3) is 1.60. The summed E-state index contributed by atoms with van der Waals surface area (Å²) in [4.78, 5) is 0. The molecular weight excluding hydrogens is 260 g/mol. The highest BCUT2D eigenvalue weighted by molar-refractivity contribution is 9.10. The summed E-state index contributed by atoms with van der Waals surface area (Å²) in [5.41, 5.74) is 2.32. The first-order valence-electron chi connectivity index (χ1n) is 4.55. The summed E-state index contributed by atoms with van der Waals surface area (Å²) >= 11 is 5.20. The van der Waals surface area contributed by atoms with Gasteiger partial charge in [0.25, 0.3) is 0 Å². The van der Waals surface area contributed by atoms with E-state index in [-0.39, 0.29) is 6.61 Å². The minimum atomic E-state index is 0.122. The van der Waals surface area contributed by atoms with Crippen LogP contribution in [-0.4, -0.2) is 5.11 Å². The molecule has 0 fully saturated rings. The lowest BCUT2D eigenvalue weighted by molar-refractivity contribution is 0.283. The summed E-state index contributed by atoms with van der Waals surface area (Å²) < 4.78 is 2.32. The molecule has 1 aromatic heterocycles. The van der Waals surface area contributed by atoms with Crippen LogP contribution in [0.15, 0.2) is 22.0 Å². The van der Waals surface area contributed by atoms with Crippen LogP contribution in [0.2, 0.25) is 0 Å². The average Bonchev–Trinajstić information content (AvgIpc) is 2.59. The minimum absolute atomic E-state index is 0.122. The number of thiophene rings is 1. The molecule has 1 nitrogen and oxygen atoms in total. The number of benzene rings is 1. The van der Waals surface area contributed by atoms with Gasteiger partial charge in [-0.1, -0.05) is 13.0 Å². The van der Waals surface area contributed by atoms with Crippen LogP contribution in [-0.2, 0) is 13.0 Å². The second-order valence-corrected chi connectivity index (χ2v) is 4.96. The lowest BCUT2D eigenvalue weighted by atomic mass is 10.1. The number of halogens is 1. The largest absolute Gasteiger partial charge is 0.392 e. The molecule has 14 heavy (non-hydrogen) atoms. The van der Waals surface area contributed by atoms with Gasteiger partial charge >= 0.3 is 0 Å².